The number of aromatic nitrogens is 3. The lowest BCUT2D eigenvalue weighted by atomic mass is 9.89. The highest BCUT2D eigenvalue weighted by Crippen LogP contribution is 2.25. The Labute approximate surface area is 176 Å². The highest BCUT2D eigenvalue weighted by Gasteiger charge is 2.27. The van der Waals surface area contributed by atoms with Crippen LogP contribution < -0.4 is 5.32 Å². The molecular formula is C22H29N5O3. The third-order valence-corrected chi connectivity index (χ3v) is 6.14. The van der Waals surface area contributed by atoms with E-state index in [4.69, 9.17) is 0 Å². The van der Waals surface area contributed by atoms with E-state index in [1.54, 1.807) is 10.9 Å². The first kappa shape index (κ1) is 20.5. The van der Waals surface area contributed by atoms with Crippen LogP contribution in [0.15, 0.2) is 24.4 Å². The molecule has 1 aromatic carbocycles. The van der Waals surface area contributed by atoms with E-state index in [-0.39, 0.29) is 23.7 Å². The van der Waals surface area contributed by atoms with E-state index in [1.165, 1.54) is 43.1 Å². The van der Waals surface area contributed by atoms with Crippen molar-refractivity contribution in [3.63, 3.8) is 0 Å². The predicted octanol–water partition coefficient (Wildman–Crippen LogP) is 2.07. The molecule has 2 atom stereocenters. The van der Waals surface area contributed by atoms with Gasteiger partial charge in [-0.3, -0.25) is 9.69 Å². The number of hydrogen-bond acceptors (Lipinski definition) is 6. The molecule has 0 spiro atoms. The number of aryl methyl sites for hydroxylation is 2. The molecule has 1 N–H and O–H groups in total. The molecule has 1 amide bonds. The molecule has 1 aliphatic carbocycles. The van der Waals surface area contributed by atoms with Crippen LogP contribution in [0, 0.1) is 0 Å². The Balaban J connectivity index is 1.29. The van der Waals surface area contributed by atoms with Gasteiger partial charge in [0.05, 0.1) is 31.9 Å². The van der Waals surface area contributed by atoms with Crippen molar-refractivity contribution in [3.8, 4) is 0 Å². The maximum Gasteiger partial charge on any atom is 0.360 e. The van der Waals surface area contributed by atoms with Crippen molar-refractivity contribution in [2.24, 2.45) is 0 Å². The van der Waals surface area contributed by atoms with Crippen molar-refractivity contribution >= 4 is 11.9 Å². The van der Waals surface area contributed by atoms with Gasteiger partial charge in [-0.2, -0.15) is 0 Å². The predicted molar refractivity (Wildman–Crippen MR) is 111 cm³/mol. The molecule has 0 bridgehead atoms. The number of benzene rings is 1. The quantitative estimate of drug-likeness (QED) is 0.732. The molecular weight excluding hydrogens is 382 g/mol. The molecule has 8 heteroatoms. The Morgan fingerprint density at radius 2 is 2.07 bits per heavy atom. The zero-order chi connectivity index (χ0) is 21.1. The van der Waals surface area contributed by atoms with Gasteiger partial charge in [-0.05, 0) is 55.7 Å². The number of esters is 1. The largest absolute Gasteiger partial charge is 0.464 e. The monoisotopic (exact) mass is 411 g/mol. The van der Waals surface area contributed by atoms with Gasteiger partial charge in [-0.1, -0.05) is 23.4 Å². The Morgan fingerprint density at radius 1 is 1.27 bits per heavy atom. The molecule has 4 rings (SSSR count). The van der Waals surface area contributed by atoms with Crippen molar-refractivity contribution in [1.82, 2.24) is 25.2 Å². The smallest absolute Gasteiger partial charge is 0.360 e. The number of methoxy groups -OCH3 is 1. The normalized spacial score (nSPS) is 19.9. The lowest BCUT2D eigenvalue weighted by molar-refractivity contribution is -0.122. The molecule has 0 saturated carbocycles. The van der Waals surface area contributed by atoms with Crippen molar-refractivity contribution in [2.75, 3.05) is 26.7 Å². The van der Waals surface area contributed by atoms with E-state index in [0.717, 1.165) is 19.4 Å². The molecule has 2 aromatic rings. The van der Waals surface area contributed by atoms with Gasteiger partial charge in [0.1, 0.15) is 0 Å². The number of carbonyl (C=O) groups is 2. The third-order valence-electron chi connectivity index (χ3n) is 6.14. The highest BCUT2D eigenvalue weighted by atomic mass is 16.5. The number of ether oxygens (including phenoxy) is 1. The minimum Gasteiger partial charge on any atom is -0.464 e. The summed E-state index contributed by atoms with van der Waals surface area (Å²) < 4.78 is 6.37. The molecule has 1 aromatic heterocycles. The minimum absolute atomic E-state index is 0.0129. The first-order chi connectivity index (χ1) is 14.5. The Kier molecular flexibility index (Phi) is 6.13. The molecule has 1 saturated heterocycles. The molecule has 2 heterocycles. The number of hydrogen-bond donors (Lipinski definition) is 1. The van der Waals surface area contributed by atoms with Crippen LogP contribution in [0.3, 0.4) is 0 Å². The van der Waals surface area contributed by atoms with Crippen molar-refractivity contribution in [2.45, 2.75) is 51.1 Å². The highest BCUT2D eigenvalue weighted by molar-refractivity contribution is 5.86. The van der Waals surface area contributed by atoms with Crippen LogP contribution in [-0.4, -0.2) is 58.5 Å². The second-order valence-electron chi connectivity index (χ2n) is 8.28. The average molecular weight is 412 g/mol. The third kappa shape index (κ3) is 4.53. The van der Waals surface area contributed by atoms with Crippen LogP contribution in [-0.2, 0) is 22.4 Å². The van der Waals surface area contributed by atoms with Crippen LogP contribution in [0.4, 0.5) is 0 Å². The van der Waals surface area contributed by atoms with Gasteiger partial charge in [0.2, 0.25) is 5.91 Å². The van der Waals surface area contributed by atoms with Crippen molar-refractivity contribution < 1.29 is 14.3 Å². The fraction of sp³-hybridized carbons (Fsp3) is 0.545. The standard InChI is InChI=1S/C22H29N5O3/c1-15(17-8-7-16-5-3-4-6-18(16)11-17)23-21(28)14-26-10-9-19(12-26)27-13-20(24-25-27)22(29)30-2/h7-8,11,13,15,19H,3-6,9-10,12,14H2,1-2H3,(H,23,28)/t15-,19-/m1/s1. The molecule has 0 unspecified atom stereocenters. The molecule has 1 aliphatic heterocycles. The summed E-state index contributed by atoms with van der Waals surface area (Å²) in [6, 6.07) is 6.71. The lowest BCUT2D eigenvalue weighted by Gasteiger charge is -2.21. The second-order valence-corrected chi connectivity index (χ2v) is 8.28. The summed E-state index contributed by atoms with van der Waals surface area (Å²) in [6.07, 6.45) is 7.29. The van der Waals surface area contributed by atoms with Gasteiger partial charge in [0, 0.05) is 13.1 Å². The zero-order valence-corrected chi connectivity index (χ0v) is 17.6. The van der Waals surface area contributed by atoms with Crippen LogP contribution in [0.2, 0.25) is 0 Å². The van der Waals surface area contributed by atoms with Crippen LogP contribution in [0.1, 0.15) is 65.4 Å². The van der Waals surface area contributed by atoms with Gasteiger partial charge in [-0.25, -0.2) is 9.48 Å². The van der Waals surface area contributed by atoms with E-state index in [0.29, 0.717) is 13.1 Å². The van der Waals surface area contributed by atoms with Crippen molar-refractivity contribution in [3.05, 3.63) is 46.8 Å². The van der Waals surface area contributed by atoms with E-state index in [2.05, 4.69) is 43.5 Å². The Bertz CT molecular complexity index is 925. The number of fused-ring (bicyclic) bond motifs is 1. The summed E-state index contributed by atoms with van der Waals surface area (Å²) >= 11 is 0. The van der Waals surface area contributed by atoms with E-state index < -0.39 is 5.97 Å². The average Bonchev–Trinajstić information content (AvgIpc) is 3.42. The van der Waals surface area contributed by atoms with E-state index in [9.17, 15) is 9.59 Å². The minimum atomic E-state index is -0.494. The van der Waals surface area contributed by atoms with Crippen LogP contribution in [0.25, 0.3) is 0 Å². The summed E-state index contributed by atoms with van der Waals surface area (Å²) in [5.41, 5.74) is 4.25. The van der Waals surface area contributed by atoms with Gasteiger partial charge in [0.15, 0.2) is 5.69 Å². The van der Waals surface area contributed by atoms with E-state index in [1.807, 2.05) is 6.92 Å². The summed E-state index contributed by atoms with van der Waals surface area (Å²) in [5.74, 6) is -0.471. The molecule has 0 radical (unpaired) electrons. The van der Waals surface area contributed by atoms with Crippen LogP contribution in [0.5, 0.6) is 0 Å². The zero-order valence-electron chi connectivity index (χ0n) is 17.6. The van der Waals surface area contributed by atoms with Crippen LogP contribution >= 0.6 is 0 Å². The maximum absolute atomic E-state index is 12.6. The van der Waals surface area contributed by atoms with Crippen molar-refractivity contribution in [1.29, 1.82) is 0 Å². The SMILES string of the molecule is COC(=O)c1cn([C@@H]2CCN(CC(=O)N[C@H](C)c3ccc4c(c3)CCCC4)C2)nn1. The summed E-state index contributed by atoms with van der Waals surface area (Å²) in [6.45, 7) is 3.90. The number of rotatable bonds is 6. The fourth-order valence-electron chi connectivity index (χ4n) is 4.42. The van der Waals surface area contributed by atoms with E-state index >= 15 is 0 Å². The maximum atomic E-state index is 12.6. The Hall–Kier alpha value is -2.74. The number of carbonyl (C=O) groups excluding carboxylic acids is 2. The number of amides is 1. The first-order valence-electron chi connectivity index (χ1n) is 10.7. The number of nitrogens with one attached hydrogen (secondary N) is 1. The molecule has 2 aliphatic rings. The van der Waals surface area contributed by atoms with Gasteiger partial charge in [-0.15, -0.1) is 5.10 Å². The summed E-state index contributed by atoms with van der Waals surface area (Å²) in [7, 11) is 1.32. The Morgan fingerprint density at radius 3 is 2.87 bits per heavy atom. The van der Waals surface area contributed by atoms with Gasteiger partial charge < -0.3 is 10.1 Å². The summed E-state index contributed by atoms with van der Waals surface area (Å²) in [5, 5.41) is 11.0. The number of likely N-dealkylation sites (tertiary alicyclic amines) is 1. The number of nitrogens with zero attached hydrogens (tertiary/aromatic N) is 4. The first-order valence-corrected chi connectivity index (χ1v) is 10.7. The summed E-state index contributed by atoms with van der Waals surface area (Å²) in [4.78, 5) is 26.3. The molecule has 8 nitrogen and oxygen atoms in total. The topological polar surface area (TPSA) is 89.4 Å². The fourth-order valence-corrected chi connectivity index (χ4v) is 4.42. The molecule has 1 fully saturated rings. The molecule has 160 valence electrons. The van der Waals surface area contributed by atoms with Gasteiger partial charge in [0.25, 0.3) is 0 Å². The lowest BCUT2D eigenvalue weighted by Crippen LogP contribution is -2.37. The molecule has 30 heavy (non-hydrogen) atoms. The van der Waals surface area contributed by atoms with Gasteiger partial charge >= 0.3 is 5.97 Å². The second kappa shape index (κ2) is 8.95.